The Morgan fingerprint density at radius 3 is 2.53 bits per heavy atom. The average Bonchev–Trinajstić information content (AvgIpc) is 2.37. The van der Waals surface area contributed by atoms with Crippen LogP contribution in [-0.4, -0.2) is 42.5 Å². The van der Waals surface area contributed by atoms with Crippen LogP contribution >= 0.6 is 0 Å². The van der Waals surface area contributed by atoms with Crippen molar-refractivity contribution in [3.63, 3.8) is 0 Å². The first-order valence-corrected chi connectivity index (χ1v) is 5.28. The molecule has 0 radical (unpaired) electrons. The van der Waals surface area contributed by atoms with Gasteiger partial charge in [-0.2, -0.15) is 4.98 Å². The molecular weight excluding hydrogens is 224 g/mol. The molecule has 0 saturated carbocycles. The summed E-state index contributed by atoms with van der Waals surface area (Å²) in [6.45, 7) is 1.87. The van der Waals surface area contributed by atoms with E-state index in [9.17, 15) is 5.11 Å². The molecule has 1 N–H and O–H groups in total. The molecule has 0 aliphatic rings. The van der Waals surface area contributed by atoms with Crippen LogP contribution in [0.25, 0.3) is 0 Å². The zero-order valence-corrected chi connectivity index (χ0v) is 10.5. The quantitative estimate of drug-likeness (QED) is 0.800. The highest BCUT2D eigenvalue weighted by atomic mass is 16.5. The molecule has 0 saturated heterocycles. The Morgan fingerprint density at radius 2 is 2.00 bits per heavy atom. The molecular formula is C11H18N2O4. The zero-order chi connectivity index (χ0) is 12.8. The summed E-state index contributed by atoms with van der Waals surface area (Å²) >= 11 is 0. The molecule has 2 unspecified atom stereocenters. The largest absolute Gasteiger partial charge is 0.480 e. The van der Waals surface area contributed by atoms with Gasteiger partial charge in [-0.1, -0.05) is 0 Å². The van der Waals surface area contributed by atoms with E-state index in [1.54, 1.807) is 7.11 Å². The molecule has 0 amide bonds. The first-order valence-electron chi connectivity index (χ1n) is 5.28. The maximum absolute atomic E-state index is 9.99. The molecule has 0 bridgehead atoms. The van der Waals surface area contributed by atoms with E-state index in [0.717, 1.165) is 0 Å². The molecule has 6 heteroatoms. The van der Waals surface area contributed by atoms with E-state index in [2.05, 4.69) is 9.97 Å². The van der Waals surface area contributed by atoms with Crippen LogP contribution in [0, 0.1) is 0 Å². The van der Waals surface area contributed by atoms with Crippen molar-refractivity contribution < 1.29 is 19.3 Å². The van der Waals surface area contributed by atoms with E-state index < -0.39 is 6.10 Å². The molecule has 1 heterocycles. The normalized spacial score (nSPS) is 14.2. The number of aromatic nitrogens is 2. The summed E-state index contributed by atoms with van der Waals surface area (Å²) in [7, 11) is 4.56. The molecule has 1 aromatic rings. The second-order valence-corrected chi connectivity index (χ2v) is 3.60. The number of rotatable bonds is 6. The van der Waals surface area contributed by atoms with Crippen molar-refractivity contribution in [1.29, 1.82) is 0 Å². The van der Waals surface area contributed by atoms with Gasteiger partial charge in [0.1, 0.15) is 11.8 Å². The van der Waals surface area contributed by atoms with E-state index in [1.807, 2.05) is 6.92 Å². The van der Waals surface area contributed by atoms with E-state index in [0.29, 0.717) is 18.0 Å². The first-order chi connectivity index (χ1) is 8.12. The number of aliphatic hydroxyl groups is 1. The minimum atomic E-state index is -0.779. The number of aliphatic hydroxyl groups excluding tert-OH is 1. The van der Waals surface area contributed by atoms with Crippen molar-refractivity contribution in [1.82, 2.24) is 9.97 Å². The lowest BCUT2D eigenvalue weighted by atomic mass is 10.1. The maximum Gasteiger partial charge on any atom is 0.241 e. The third-order valence-electron chi connectivity index (χ3n) is 2.42. The molecule has 0 fully saturated rings. The van der Waals surface area contributed by atoms with Crippen LogP contribution in [0.1, 0.15) is 25.1 Å². The van der Waals surface area contributed by atoms with Gasteiger partial charge in [-0.05, 0) is 6.92 Å². The number of hydrogen-bond acceptors (Lipinski definition) is 6. The molecule has 1 rings (SSSR count). The Kier molecular flexibility index (Phi) is 5.11. The van der Waals surface area contributed by atoms with Crippen LogP contribution in [0.4, 0.5) is 0 Å². The van der Waals surface area contributed by atoms with Crippen molar-refractivity contribution in [3.8, 4) is 11.8 Å². The van der Waals surface area contributed by atoms with E-state index in [-0.39, 0.29) is 12.0 Å². The van der Waals surface area contributed by atoms with E-state index >= 15 is 0 Å². The topological polar surface area (TPSA) is 73.7 Å². The van der Waals surface area contributed by atoms with Gasteiger partial charge >= 0.3 is 0 Å². The van der Waals surface area contributed by atoms with Crippen LogP contribution in [-0.2, 0) is 4.74 Å². The fourth-order valence-corrected chi connectivity index (χ4v) is 1.37. The highest BCUT2D eigenvalue weighted by molar-refractivity contribution is 5.24. The predicted octanol–water partition coefficient (Wildman–Crippen LogP) is 0.952. The highest BCUT2D eigenvalue weighted by Crippen LogP contribution is 2.26. The van der Waals surface area contributed by atoms with Crippen LogP contribution in [0.15, 0.2) is 6.20 Å². The number of ether oxygens (including phenoxy) is 3. The SMILES string of the molecule is COc1cnc(C(O)CC(C)OC)c(OC)n1. The summed E-state index contributed by atoms with van der Waals surface area (Å²) in [5, 5.41) is 9.99. The van der Waals surface area contributed by atoms with E-state index in [4.69, 9.17) is 14.2 Å². The van der Waals surface area contributed by atoms with Gasteiger partial charge in [-0.25, -0.2) is 4.98 Å². The Hall–Kier alpha value is -1.40. The number of methoxy groups -OCH3 is 3. The third kappa shape index (κ3) is 3.54. The minimum absolute atomic E-state index is 0.0707. The molecule has 6 nitrogen and oxygen atoms in total. The van der Waals surface area contributed by atoms with Crippen LogP contribution in [0.5, 0.6) is 11.8 Å². The molecule has 1 aromatic heterocycles. The van der Waals surface area contributed by atoms with Gasteiger partial charge in [-0.15, -0.1) is 0 Å². The lowest BCUT2D eigenvalue weighted by Crippen LogP contribution is -2.13. The number of nitrogens with zero attached hydrogens (tertiary/aromatic N) is 2. The second-order valence-electron chi connectivity index (χ2n) is 3.60. The third-order valence-corrected chi connectivity index (χ3v) is 2.42. The van der Waals surface area contributed by atoms with Crippen molar-refractivity contribution >= 4 is 0 Å². The lowest BCUT2D eigenvalue weighted by molar-refractivity contribution is 0.0528. The van der Waals surface area contributed by atoms with Gasteiger partial charge in [-0.3, -0.25) is 0 Å². The highest BCUT2D eigenvalue weighted by Gasteiger charge is 2.19. The average molecular weight is 242 g/mol. The predicted molar refractivity (Wildman–Crippen MR) is 61.2 cm³/mol. The number of hydrogen-bond donors (Lipinski definition) is 1. The van der Waals surface area contributed by atoms with Crippen LogP contribution < -0.4 is 9.47 Å². The Morgan fingerprint density at radius 1 is 1.29 bits per heavy atom. The fourth-order valence-electron chi connectivity index (χ4n) is 1.37. The summed E-state index contributed by atoms with van der Waals surface area (Å²) in [6, 6.07) is 0. The Labute approximate surface area is 101 Å². The molecule has 0 aromatic carbocycles. The molecule has 0 spiro atoms. The summed E-state index contributed by atoms with van der Waals surface area (Å²) < 4.78 is 15.1. The standard InChI is InChI=1S/C11H18N2O4/c1-7(15-2)5-8(14)10-11(17-4)13-9(16-3)6-12-10/h6-8,14H,5H2,1-4H3. The van der Waals surface area contributed by atoms with Gasteiger partial charge in [0.15, 0.2) is 0 Å². The van der Waals surface area contributed by atoms with Crippen LogP contribution in [0.2, 0.25) is 0 Å². The van der Waals surface area contributed by atoms with Gasteiger partial charge in [0, 0.05) is 13.5 Å². The van der Waals surface area contributed by atoms with Crippen molar-refractivity contribution in [2.45, 2.75) is 25.6 Å². The second kappa shape index (κ2) is 6.36. The van der Waals surface area contributed by atoms with E-state index in [1.165, 1.54) is 20.4 Å². The Bertz CT molecular complexity index is 359. The van der Waals surface area contributed by atoms with Crippen molar-refractivity contribution in [2.24, 2.45) is 0 Å². The van der Waals surface area contributed by atoms with Crippen molar-refractivity contribution in [3.05, 3.63) is 11.9 Å². The first kappa shape index (κ1) is 13.7. The van der Waals surface area contributed by atoms with Crippen LogP contribution in [0.3, 0.4) is 0 Å². The molecule has 96 valence electrons. The smallest absolute Gasteiger partial charge is 0.241 e. The molecule has 17 heavy (non-hydrogen) atoms. The van der Waals surface area contributed by atoms with Gasteiger partial charge in [0.25, 0.3) is 0 Å². The summed E-state index contributed by atoms with van der Waals surface area (Å²) in [6.07, 6.45) is 1.02. The minimum Gasteiger partial charge on any atom is -0.480 e. The zero-order valence-electron chi connectivity index (χ0n) is 10.5. The summed E-state index contributed by atoms with van der Waals surface area (Å²) in [5.74, 6) is 0.609. The fraction of sp³-hybridized carbons (Fsp3) is 0.636. The van der Waals surface area contributed by atoms with Gasteiger partial charge in [0.2, 0.25) is 11.8 Å². The summed E-state index contributed by atoms with van der Waals surface area (Å²) in [5.41, 5.74) is 0.386. The molecule has 0 aliphatic carbocycles. The monoisotopic (exact) mass is 242 g/mol. The Balaban J connectivity index is 2.88. The molecule has 0 aliphatic heterocycles. The van der Waals surface area contributed by atoms with Gasteiger partial charge < -0.3 is 19.3 Å². The lowest BCUT2D eigenvalue weighted by Gasteiger charge is -2.16. The van der Waals surface area contributed by atoms with Gasteiger partial charge in [0.05, 0.1) is 26.5 Å². The van der Waals surface area contributed by atoms with Crippen molar-refractivity contribution in [2.75, 3.05) is 21.3 Å². The maximum atomic E-state index is 9.99. The summed E-state index contributed by atoms with van der Waals surface area (Å²) in [4.78, 5) is 8.15. The molecule has 2 atom stereocenters.